The van der Waals surface area contributed by atoms with E-state index in [4.69, 9.17) is 9.47 Å². The van der Waals surface area contributed by atoms with Crippen molar-refractivity contribution in [2.75, 3.05) is 26.8 Å². The van der Waals surface area contributed by atoms with Gasteiger partial charge < -0.3 is 19.1 Å². The number of methoxy groups -OCH3 is 1. The molecule has 1 spiro atoms. The number of esters is 1. The summed E-state index contributed by atoms with van der Waals surface area (Å²) in [6.07, 6.45) is 2.32. The van der Waals surface area contributed by atoms with Gasteiger partial charge in [0, 0.05) is 19.2 Å². The van der Waals surface area contributed by atoms with E-state index in [9.17, 15) is 22.8 Å². The molecule has 1 amide bonds. The second-order valence-corrected chi connectivity index (χ2v) is 9.66. The van der Waals surface area contributed by atoms with E-state index in [1.807, 2.05) is 0 Å². The van der Waals surface area contributed by atoms with E-state index < -0.39 is 29.9 Å². The van der Waals surface area contributed by atoms with Crippen LogP contribution in [0.5, 0.6) is 5.75 Å². The van der Waals surface area contributed by atoms with Gasteiger partial charge in [-0.05, 0) is 75.8 Å². The Hall–Kier alpha value is -2.45. The molecule has 1 aromatic rings. The van der Waals surface area contributed by atoms with Gasteiger partial charge in [-0.2, -0.15) is 0 Å². The fourth-order valence-corrected chi connectivity index (χ4v) is 4.70. The third kappa shape index (κ3) is 6.12. The highest BCUT2D eigenvalue weighted by Crippen LogP contribution is 2.54. The maximum atomic E-state index is 13.9. The van der Waals surface area contributed by atoms with Crippen LogP contribution in [-0.4, -0.2) is 55.8 Å². The average Bonchev–Trinajstić information content (AvgIpc) is 2.75. The summed E-state index contributed by atoms with van der Waals surface area (Å²) in [7, 11) is 1.20. The monoisotopic (exact) mass is 471 g/mol. The molecule has 0 radical (unpaired) electrons. The Morgan fingerprint density at radius 2 is 1.88 bits per heavy atom. The number of benzene rings is 1. The summed E-state index contributed by atoms with van der Waals surface area (Å²) in [4.78, 5) is 25.1. The first-order valence-electron chi connectivity index (χ1n) is 11.3. The molecule has 1 aromatic carbocycles. The van der Waals surface area contributed by atoms with Crippen LogP contribution < -0.4 is 4.74 Å². The van der Waals surface area contributed by atoms with Crippen LogP contribution in [0.1, 0.15) is 62.7 Å². The van der Waals surface area contributed by atoms with Crippen molar-refractivity contribution < 1.29 is 37.0 Å². The lowest BCUT2D eigenvalue weighted by Gasteiger charge is -2.52. The van der Waals surface area contributed by atoms with Gasteiger partial charge >= 0.3 is 12.1 Å². The van der Waals surface area contributed by atoms with Crippen LogP contribution in [0.4, 0.5) is 18.0 Å². The van der Waals surface area contributed by atoms with Crippen molar-refractivity contribution in [2.45, 2.75) is 64.4 Å². The Bertz CT molecular complexity index is 845. The summed E-state index contributed by atoms with van der Waals surface area (Å²) in [6.45, 7) is 3.95. The second-order valence-electron chi connectivity index (χ2n) is 9.66. The van der Waals surface area contributed by atoms with Gasteiger partial charge in [0.1, 0.15) is 11.6 Å². The first kappa shape index (κ1) is 25.2. The molecule has 1 aliphatic heterocycles. The van der Waals surface area contributed by atoms with Crippen LogP contribution in [0.15, 0.2) is 18.2 Å². The number of rotatable bonds is 8. The van der Waals surface area contributed by atoms with Crippen LogP contribution >= 0.6 is 0 Å². The van der Waals surface area contributed by atoms with Crippen LogP contribution in [0, 0.1) is 17.2 Å². The zero-order valence-electron chi connectivity index (χ0n) is 19.4. The number of hydrogen-bond acceptors (Lipinski definition) is 5. The molecule has 2 fully saturated rings. The van der Waals surface area contributed by atoms with E-state index in [0.29, 0.717) is 31.4 Å². The van der Waals surface area contributed by atoms with Crippen molar-refractivity contribution in [3.05, 3.63) is 29.6 Å². The normalized spacial score (nSPS) is 18.2. The van der Waals surface area contributed by atoms with Gasteiger partial charge in [-0.25, -0.2) is 22.8 Å². The van der Waals surface area contributed by atoms with E-state index >= 15 is 0 Å². The molecule has 6 nitrogen and oxygen atoms in total. The quantitative estimate of drug-likeness (QED) is 0.373. The summed E-state index contributed by atoms with van der Waals surface area (Å²) >= 11 is 0. The molecule has 33 heavy (non-hydrogen) atoms. The number of carbonyl (C=O) groups is 2. The highest BCUT2D eigenvalue weighted by Gasteiger charge is 2.46. The Morgan fingerprint density at radius 3 is 2.45 bits per heavy atom. The van der Waals surface area contributed by atoms with Gasteiger partial charge in [0.25, 0.3) is 6.43 Å². The predicted molar refractivity (Wildman–Crippen MR) is 115 cm³/mol. The Kier molecular flexibility index (Phi) is 7.80. The molecule has 9 heteroatoms. The minimum Gasteiger partial charge on any atom is -0.493 e. The molecule has 2 aliphatic rings. The van der Waals surface area contributed by atoms with E-state index in [1.54, 1.807) is 6.07 Å². The number of nitrogens with zero attached hydrogens (tertiary/aromatic N) is 1. The lowest BCUT2D eigenvalue weighted by atomic mass is 9.56. The zero-order chi connectivity index (χ0) is 24.2. The smallest absolute Gasteiger partial charge is 0.410 e. The van der Waals surface area contributed by atoms with E-state index in [-0.39, 0.29) is 11.0 Å². The second kappa shape index (κ2) is 10.2. The molecular formula is C24H32F3NO5. The maximum Gasteiger partial charge on any atom is 0.410 e. The van der Waals surface area contributed by atoms with Crippen LogP contribution in [0.3, 0.4) is 0 Å². The molecule has 0 atom stereocenters. The van der Waals surface area contributed by atoms with Crippen molar-refractivity contribution >= 4 is 12.1 Å². The van der Waals surface area contributed by atoms with E-state index in [2.05, 4.69) is 4.74 Å². The molecular weight excluding hydrogens is 439 g/mol. The fourth-order valence-electron chi connectivity index (χ4n) is 4.70. The molecule has 1 saturated heterocycles. The highest BCUT2D eigenvalue weighted by atomic mass is 19.3. The highest BCUT2D eigenvalue weighted by molar-refractivity contribution is 5.89. The van der Waals surface area contributed by atoms with Crippen molar-refractivity contribution in [3.63, 3.8) is 0 Å². The van der Waals surface area contributed by atoms with Gasteiger partial charge in [-0.15, -0.1) is 0 Å². The molecule has 0 N–H and O–H groups in total. The Balaban J connectivity index is 1.33. The molecule has 1 aliphatic carbocycles. The summed E-state index contributed by atoms with van der Waals surface area (Å²) in [5.74, 6) is -0.436. The number of alkyl halides is 2. The van der Waals surface area contributed by atoms with Crippen molar-refractivity contribution in [1.82, 2.24) is 4.90 Å². The SMILES string of the molecule is COC(=O)c1ccc(OCCCC2CC3(CCN(C(=O)OC(C)(C)C(F)F)CC3)C2)cc1F. The number of amides is 1. The summed E-state index contributed by atoms with van der Waals surface area (Å²) < 4.78 is 54.9. The standard InChI is InChI=1S/C24H32F3NO5/c1-23(2,21(26)27)33-22(30)28-10-8-24(9-11-28)14-16(15-24)5-4-12-32-17-6-7-18(19(25)13-17)20(29)31-3/h6-7,13,16,21H,4-5,8-12,14-15H2,1-3H3. The third-order valence-corrected chi connectivity index (χ3v) is 6.77. The van der Waals surface area contributed by atoms with E-state index in [1.165, 1.54) is 38.0 Å². The van der Waals surface area contributed by atoms with E-state index in [0.717, 1.165) is 38.5 Å². The number of likely N-dealkylation sites (tertiary alicyclic amines) is 1. The number of ether oxygens (including phenoxy) is 3. The fraction of sp³-hybridized carbons (Fsp3) is 0.667. The summed E-state index contributed by atoms with van der Waals surface area (Å²) in [5.41, 5.74) is -1.68. The minimum absolute atomic E-state index is 0.123. The first-order valence-corrected chi connectivity index (χ1v) is 11.3. The lowest BCUT2D eigenvalue weighted by molar-refractivity contribution is -0.0929. The Morgan fingerprint density at radius 1 is 1.21 bits per heavy atom. The molecule has 1 heterocycles. The summed E-state index contributed by atoms with van der Waals surface area (Å²) in [5, 5.41) is 0. The molecule has 0 aromatic heterocycles. The summed E-state index contributed by atoms with van der Waals surface area (Å²) in [6, 6.07) is 4.09. The van der Waals surface area contributed by atoms with Crippen LogP contribution in [0.25, 0.3) is 0 Å². The number of hydrogen-bond donors (Lipinski definition) is 0. The maximum absolute atomic E-state index is 13.9. The average molecular weight is 472 g/mol. The number of piperidine rings is 1. The molecule has 0 unspecified atom stereocenters. The molecule has 0 bridgehead atoms. The molecule has 184 valence electrons. The Labute approximate surface area is 192 Å². The van der Waals surface area contributed by atoms with Crippen LogP contribution in [0.2, 0.25) is 0 Å². The first-order chi connectivity index (χ1) is 15.5. The van der Waals surface area contributed by atoms with Gasteiger partial charge in [-0.3, -0.25) is 0 Å². The molecule has 1 saturated carbocycles. The van der Waals surface area contributed by atoms with Gasteiger partial charge in [-0.1, -0.05) is 0 Å². The van der Waals surface area contributed by atoms with Gasteiger partial charge in [0.15, 0.2) is 5.60 Å². The number of halogens is 3. The molecule has 3 rings (SSSR count). The van der Waals surface area contributed by atoms with Crippen LogP contribution in [-0.2, 0) is 9.47 Å². The minimum atomic E-state index is -2.73. The van der Waals surface area contributed by atoms with Crippen molar-refractivity contribution in [1.29, 1.82) is 0 Å². The number of carbonyl (C=O) groups excluding carboxylic acids is 2. The lowest BCUT2D eigenvalue weighted by Crippen LogP contribution is -2.50. The largest absolute Gasteiger partial charge is 0.493 e. The third-order valence-electron chi connectivity index (χ3n) is 6.77. The zero-order valence-corrected chi connectivity index (χ0v) is 19.4. The topological polar surface area (TPSA) is 65.1 Å². The van der Waals surface area contributed by atoms with Crippen molar-refractivity contribution in [3.8, 4) is 5.75 Å². The van der Waals surface area contributed by atoms with Gasteiger partial charge in [0.05, 0.1) is 19.3 Å². The van der Waals surface area contributed by atoms with Crippen molar-refractivity contribution in [2.24, 2.45) is 11.3 Å². The van der Waals surface area contributed by atoms with Gasteiger partial charge in [0.2, 0.25) is 0 Å². The predicted octanol–water partition coefficient (Wildman–Crippen LogP) is 5.44.